The first kappa shape index (κ1) is 14.1. The molecule has 0 amide bonds. The Balaban J connectivity index is 2.06. The molecule has 0 saturated heterocycles. The standard InChI is InChI=1S/C13H10N4O4S/c18-10(19)5-7-3-1-2-4-8(7)12-16-17-9(6-11(20)21)14-15-13(17)22-12/h1-4H,5-6H2,(H,18,19)(H,20,21). The van der Waals surface area contributed by atoms with Crippen LogP contribution in [-0.4, -0.2) is 42.0 Å². The Morgan fingerprint density at radius 3 is 2.55 bits per heavy atom. The van der Waals surface area contributed by atoms with Crippen molar-refractivity contribution in [3.63, 3.8) is 0 Å². The van der Waals surface area contributed by atoms with Crippen molar-refractivity contribution in [2.24, 2.45) is 0 Å². The third-order valence-corrected chi connectivity index (χ3v) is 3.89. The van der Waals surface area contributed by atoms with Gasteiger partial charge in [-0.05, 0) is 5.56 Å². The van der Waals surface area contributed by atoms with Gasteiger partial charge in [-0.3, -0.25) is 9.59 Å². The molecule has 0 aliphatic heterocycles. The van der Waals surface area contributed by atoms with Gasteiger partial charge < -0.3 is 10.2 Å². The average Bonchev–Trinajstić information content (AvgIpc) is 3.00. The SMILES string of the molecule is O=C(O)Cc1ccccc1-c1nn2c(CC(=O)O)nnc2s1. The molecule has 0 spiro atoms. The van der Waals surface area contributed by atoms with Crippen LogP contribution in [0.15, 0.2) is 24.3 Å². The first-order chi connectivity index (χ1) is 10.5. The van der Waals surface area contributed by atoms with Gasteiger partial charge >= 0.3 is 11.9 Å². The van der Waals surface area contributed by atoms with Crippen molar-refractivity contribution in [1.29, 1.82) is 0 Å². The van der Waals surface area contributed by atoms with E-state index >= 15 is 0 Å². The van der Waals surface area contributed by atoms with Crippen LogP contribution in [0, 0.1) is 0 Å². The van der Waals surface area contributed by atoms with Gasteiger partial charge in [0.05, 0.1) is 6.42 Å². The molecule has 0 aliphatic rings. The molecule has 9 heteroatoms. The Hall–Kier alpha value is -2.81. The zero-order chi connectivity index (χ0) is 15.7. The fraction of sp³-hybridized carbons (Fsp3) is 0.154. The second kappa shape index (κ2) is 5.53. The maximum atomic E-state index is 10.9. The number of rotatable bonds is 5. The van der Waals surface area contributed by atoms with E-state index in [4.69, 9.17) is 10.2 Å². The lowest BCUT2D eigenvalue weighted by Crippen LogP contribution is -2.05. The molecule has 0 saturated carbocycles. The molecule has 2 aromatic heterocycles. The highest BCUT2D eigenvalue weighted by Crippen LogP contribution is 2.28. The second-order valence-corrected chi connectivity index (χ2v) is 5.47. The van der Waals surface area contributed by atoms with Gasteiger partial charge in [0, 0.05) is 5.56 Å². The van der Waals surface area contributed by atoms with Crippen LogP contribution in [0.5, 0.6) is 0 Å². The molecule has 22 heavy (non-hydrogen) atoms. The summed E-state index contributed by atoms with van der Waals surface area (Å²) < 4.78 is 1.38. The van der Waals surface area contributed by atoms with Crippen LogP contribution in [0.1, 0.15) is 11.4 Å². The van der Waals surface area contributed by atoms with Gasteiger partial charge in [-0.2, -0.15) is 9.61 Å². The molecule has 0 atom stereocenters. The number of benzene rings is 1. The molecule has 2 N–H and O–H groups in total. The minimum atomic E-state index is -1.02. The van der Waals surface area contributed by atoms with E-state index in [-0.39, 0.29) is 18.7 Å². The van der Waals surface area contributed by atoms with Gasteiger partial charge in [0.1, 0.15) is 11.4 Å². The van der Waals surface area contributed by atoms with Crippen molar-refractivity contribution in [2.45, 2.75) is 12.8 Å². The third kappa shape index (κ3) is 2.66. The number of nitrogens with zero attached hydrogens (tertiary/aromatic N) is 4. The quantitative estimate of drug-likeness (QED) is 0.723. The summed E-state index contributed by atoms with van der Waals surface area (Å²) in [6.45, 7) is 0. The highest BCUT2D eigenvalue weighted by molar-refractivity contribution is 7.19. The molecule has 0 bridgehead atoms. The Morgan fingerprint density at radius 2 is 1.82 bits per heavy atom. The van der Waals surface area contributed by atoms with Gasteiger partial charge in [0.15, 0.2) is 5.82 Å². The summed E-state index contributed by atoms with van der Waals surface area (Å²) >= 11 is 1.23. The summed E-state index contributed by atoms with van der Waals surface area (Å²) in [7, 11) is 0. The number of hydrogen-bond donors (Lipinski definition) is 2. The Kier molecular flexibility index (Phi) is 3.55. The highest BCUT2D eigenvalue weighted by Gasteiger charge is 2.17. The van der Waals surface area contributed by atoms with Crippen LogP contribution in [-0.2, 0) is 22.4 Å². The maximum absolute atomic E-state index is 10.9. The maximum Gasteiger partial charge on any atom is 0.311 e. The number of carboxylic acid groups (broad SMARTS) is 2. The van der Waals surface area contributed by atoms with E-state index in [9.17, 15) is 9.59 Å². The van der Waals surface area contributed by atoms with Gasteiger partial charge in [-0.15, -0.1) is 10.2 Å². The topological polar surface area (TPSA) is 118 Å². The highest BCUT2D eigenvalue weighted by atomic mass is 32.1. The molecule has 1 aromatic carbocycles. The number of hydrogen-bond acceptors (Lipinski definition) is 6. The Bertz CT molecular complexity index is 870. The molecule has 0 radical (unpaired) electrons. The zero-order valence-electron chi connectivity index (χ0n) is 11.1. The van der Waals surface area contributed by atoms with E-state index in [2.05, 4.69) is 15.3 Å². The van der Waals surface area contributed by atoms with Crippen LogP contribution in [0.4, 0.5) is 0 Å². The predicted molar refractivity (Wildman–Crippen MR) is 76.8 cm³/mol. The molecule has 112 valence electrons. The smallest absolute Gasteiger partial charge is 0.311 e. The van der Waals surface area contributed by atoms with E-state index in [1.807, 2.05) is 0 Å². The summed E-state index contributed by atoms with van der Waals surface area (Å²) in [5.74, 6) is -1.71. The molecule has 0 aliphatic carbocycles. The summed E-state index contributed by atoms with van der Waals surface area (Å²) in [4.78, 5) is 22.2. The third-order valence-electron chi connectivity index (χ3n) is 2.95. The van der Waals surface area contributed by atoms with Crippen LogP contribution >= 0.6 is 11.3 Å². The van der Waals surface area contributed by atoms with Crippen molar-refractivity contribution in [3.05, 3.63) is 35.7 Å². The second-order valence-electron chi connectivity index (χ2n) is 4.52. The van der Waals surface area contributed by atoms with Crippen LogP contribution in [0.2, 0.25) is 0 Å². The van der Waals surface area contributed by atoms with Crippen LogP contribution in [0.3, 0.4) is 0 Å². The molecule has 3 rings (SSSR count). The lowest BCUT2D eigenvalue weighted by molar-refractivity contribution is -0.137. The Labute approximate surface area is 127 Å². The molecule has 3 aromatic rings. The average molecular weight is 318 g/mol. The minimum Gasteiger partial charge on any atom is -0.481 e. The zero-order valence-corrected chi connectivity index (χ0v) is 11.9. The predicted octanol–water partition coefficient (Wildman–Crippen LogP) is 1.11. The molecule has 8 nitrogen and oxygen atoms in total. The van der Waals surface area contributed by atoms with Gasteiger partial charge in [0.25, 0.3) is 0 Å². The van der Waals surface area contributed by atoms with Crippen molar-refractivity contribution < 1.29 is 19.8 Å². The van der Waals surface area contributed by atoms with E-state index < -0.39 is 11.9 Å². The number of fused-ring (bicyclic) bond motifs is 1. The first-order valence-corrected chi connectivity index (χ1v) is 7.09. The lowest BCUT2D eigenvalue weighted by Gasteiger charge is -2.03. The number of carboxylic acids is 2. The molecule has 0 unspecified atom stereocenters. The molecular formula is C13H10N4O4S. The number of aromatic nitrogens is 4. The van der Waals surface area contributed by atoms with E-state index in [0.29, 0.717) is 21.1 Å². The van der Waals surface area contributed by atoms with Crippen molar-refractivity contribution in [1.82, 2.24) is 19.8 Å². The van der Waals surface area contributed by atoms with Crippen molar-refractivity contribution >= 4 is 28.2 Å². The summed E-state index contributed by atoms with van der Waals surface area (Å²) in [5.41, 5.74) is 1.33. The fourth-order valence-corrected chi connectivity index (χ4v) is 2.98. The van der Waals surface area contributed by atoms with Crippen molar-refractivity contribution in [2.75, 3.05) is 0 Å². The normalized spacial score (nSPS) is 10.9. The first-order valence-electron chi connectivity index (χ1n) is 6.27. The summed E-state index contributed by atoms with van der Waals surface area (Å²) in [6.07, 6.45) is -0.389. The largest absolute Gasteiger partial charge is 0.481 e. The van der Waals surface area contributed by atoms with Crippen LogP contribution < -0.4 is 0 Å². The summed E-state index contributed by atoms with van der Waals surface area (Å²) in [6, 6.07) is 7.06. The van der Waals surface area contributed by atoms with Crippen LogP contribution in [0.25, 0.3) is 15.5 Å². The number of carbonyl (C=O) groups is 2. The van der Waals surface area contributed by atoms with Gasteiger partial charge in [-0.1, -0.05) is 35.6 Å². The van der Waals surface area contributed by atoms with E-state index in [1.54, 1.807) is 24.3 Å². The van der Waals surface area contributed by atoms with E-state index in [0.717, 1.165) is 0 Å². The summed E-state index contributed by atoms with van der Waals surface area (Å²) in [5, 5.41) is 30.4. The van der Waals surface area contributed by atoms with Gasteiger partial charge in [0.2, 0.25) is 4.96 Å². The fourth-order valence-electron chi connectivity index (χ4n) is 2.06. The monoisotopic (exact) mass is 318 g/mol. The molecule has 2 heterocycles. The van der Waals surface area contributed by atoms with Crippen molar-refractivity contribution in [3.8, 4) is 10.6 Å². The minimum absolute atomic E-state index is 0.113. The molecule has 0 fully saturated rings. The Morgan fingerprint density at radius 1 is 1.09 bits per heavy atom. The lowest BCUT2D eigenvalue weighted by atomic mass is 10.1. The number of aliphatic carboxylic acids is 2. The van der Waals surface area contributed by atoms with E-state index in [1.165, 1.54) is 15.9 Å². The van der Waals surface area contributed by atoms with Gasteiger partial charge in [-0.25, -0.2) is 0 Å². The molecular weight excluding hydrogens is 308 g/mol.